The molecule has 0 amide bonds. The van der Waals surface area contributed by atoms with E-state index in [-0.39, 0.29) is 39.3 Å². The van der Waals surface area contributed by atoms with Crippen LogP contribution in [-0.4, -0.2) is 51.8 Å². The molecule has 36 heavy (non-hydrogen) atoms. The molecule has 0 atom stereocenters. The molecule has 3 rings (SSSR count). The Balaban J connectivity index is 0.00000456. The molecule has 3 aromatic carbocycles. The summed E-state index contributed by atoms with van der Waals surface area (Å²) in [4.78, 5) is -1.76. The fourth-order valence-electron chi connectivity index (χ4n) is 3.23. The Kier molecular flexibility index (Phi) is 8.80. The van der Waals surface area contributed by atoms with Crippen LogP contribution in [0.15, 0.2) is 61.3 Å². The predicted molar refractivity (Wildman–Crippen MR) is 127 cm³/mol. The number of hydrogen-bond acceptors (Lipinski definition) is 11. The number of fused-ring (bicyclic) bond motifs is 1. The molecular weight excluding hydrogens is 590 g/mol. The second-order valence-corrected chi connectivity index (χ2v) is 11.9. The summed E-state index contributed by atoms with van der Waals surface area (Å²) in [5, 5.41) is 27.6. The van der Waals surface area contributed by atoms with Gasteiger partial charge in [-0.2, -0.15) is 8.42 Å². The molecule has 0 saturated carbocycles. The quantitative estimate of drug-likeness (QED) is 0.115. The zero-order chi connectivity index (χ0) is 26.3. The van der Waals surface area contributed by atoms with Gasteiger partial charge in [-0.05, 0) is 48.2 Å². The topological polar surface area (TPSA) is 226 Å². The molecule has 0 bridgehead atoms. The van der Waals surface area contributed by atoms with Gasteiger partial charge in [-0.15, -0.1) is 10.2 Å². The monoisotopic (exact) mass is 610 g/mol. The van der Waals surface area contributed by atoms with Gasteiger partial charge >= 0.3 is 0 Å². The van der Waals surface area contributed by atoms with Crippen LogP contribution in [0.1, 0.15) is 12.5 Å². The second-order valence-electron chi connectivity index (χ2n) is 7.28. The third kappa shape index (κ3) is 6.15. The Morgan fingerprint density at radius 3 is 2.08 bits per heavy atom. The minimum atomic E-state index is -5.02. The fraction of sp³-hybridized carbons (Fsp3) is 0.158. The Morgan fingerprint density at radius 1 is 0.889 bits per heavy atom. The van der Waals surface area contributed by atoms with Gasteiger partial charge in [0.05, 0.1) is 9.79 Å². The van der Waals surface area contributed by atoms with Crippen LogP contribution in [0.4, 0.5) is 11.4 Å². The Bertz CT molecular complexity index is 1570. The number of nitrogens with one attached hydrogen (secondary N) is 1. The van der Waals surface area contributed by atoms with Crippen LogP contribution in [0.3, 0.4) is 0 Å². The molecule has 13 nitrogen and oxygen atoms in total. The van der Waals surface area contributed by atoms with Gasteiger partial charge in [0.1, 0.15) is 32.9 Å². The first-order valence-corrected chi connectivity index (χ1v) is 14.0. The number of sulfonamides is 1. The van der Waals surface area contributed by atoms with E-state index in [2.05, 4.69) is 15.0 Å². The number of rotatable bonds is 7. The number of benzene rings is 3. The van der Waals surface area contributed by atoms with E-state index >= 15 is 0 Å². The Hall–Kier alpha value is -2.31. The Morgan fingerprint density at radius 2 is 1.53 bits per heavy atom. The number of azo groups is 1. The van der Waals surface area contributed by atoms with Crippen LogP contribution in [0.2, 0.25) is 0 Å². The summed E-state index contributed by atoms with van der Waals surface area (Å²) in [5.41, 5.74) is -0.936. The first-order valence-electron chi connectivity index (χ1n) is 9.59. The molecule has 0 aliphatic rings. The van der Waals surface area contributed by atoms with E-state index in [1.165, 1.54) is 13.0 Å². The number of hydrogen-bond donors (Lipinski definition) is 7. The van der Waals surface area contributed by atoms with Crippen LogP contribution in [0.25, 0.3) is 10.8 Å². The maximum atomic E-state index is 12.2. The molecular formula is C19H21CuN3O10S3. The average molecular weight is 611 g/mol. The maximum Gasteiger partial charge on any atom is 0.296 e. The van der Waals surface area contributed by atoms with Gasteiger partial charge in [-0.1, -0.05) is 13.0 Å². The van der Waals surface area contributed by atoms with Gasteiger partial charge in [0, 0.05) is 29.0 Å². The zero-order valence-electron chi connectivity index (χ0n) is 18.4. The van der Waals surface area contributed by atoms with Crippen LogP contribution in [0, 0.1) is 6.92 Å². The van der Waals surface area contributed by atoms with Crippen molar-refractivity contribution < 1.29 is 62.3 Å². The van der Waals surface area contributed by atoms with Crippen LogP contribution < -0.4 is 4.72 Å². The van der Waals surface area contributed by atoms with E-state index < -0.39 is 63.7 Å². The molecule has 0 fully saturated rings. The number of aryl methyl sites for hydroxylation is 1. The van der Waals surface area contributed by atoms with Crippen molar-refractivity contribution in [3.05, 3.63) is 42.0 Å². The van der Waals surface area contributed by atoms with Crippen molar-refractivity contribution in [1.29, 1.82) is 0 Å². The van der Waals surface area contributed by atoms with E-state index in [0.717, 1.165) is 30.3 Å². The standard InChI is InChI=1S/C19H21N3O10S3.Cu/c1-3-20-33(25,26)12-4-5-14(23)13(9-12)21-22-18-16(35(30,31)32)8-11-6-10(2)7-15(34(27,28)29)17(11)19(18)24;/h4-9,20,23-24,27-29H,3H2,1-2H3,(H,30,31,32);. The minimum Gasteiger partial charge on any atom is -0.506 e. The second kappa shape index (κ2) is 10.6. The largest absolute Gasteiger partial charge is 0.506 e. The molecule has 3 aromatic rings. The number of phenols is 2. The third-order valence-corrected chi connectivity index (χ3v) is 8.00. The van der Waals surface area contributed by atoms with Gasteiger partial charge in [0.15, 0.2) is 5.75 Å². The van der Waals surface area contributed by atoms with Crippen molar-refractivity contribution in [1.82, 2.24) is 4.72 Å². The normalized spacial score (nSPS) is 13.2. The summed E-state index contributed by atoms with van der Waals surface area (Å²) in [6.45, 7) is 3.13. The maximum absolute atomic E-state index is 12.2. The zero-order valence-corrected chi connectivity index (χ0v) is 21.8. The summed E-state index contributed by atoms with van der Waals surface area (Å²) in [6, 6.07) is 6.38. The summed E-state index contributed by atoms with van der Waals surface area (Å²) in [7, 11) is -13.4. The van der Waals surface area contributed by atoms with E-state index in [1.54, 1.807) is 6.92 Å². The average Bonchev–Trinajstić information content (AvgIpc) is 2.71. The molecule has 0 unspecified atom stereocenters. The Labute approximate surface area is 218 Å². The number of nitrogens with zero attached hydrogens (tertiary/aromatic N) is 2. The van der Waals surface area contributed by atoms with Crippen LogP contribution in [-0.2, 0) is 37.2 Å². The number of aromatic hydroxyl groups is 2. The smallest absolute Gasteiger partial charge is 0.296 e. The van der Waals surface area contributed by atoms with Gasteiger partial charge in [0.25, 0.3) is 10.1 Å². The van der Waals surface area contributed by atoms with Gasteiger partial charge < -0.3 is 23.9 Å². The molecule has 0 aliphatic heterocycles. The van der Waals surface area contributed by atoms with Crippen LogP contribution in [0.5, 0.6) is 11.5 Å². The van der Waals surface area contributed by atoms with Crippen molar-refractivity contribution in [2.75, 3.05) is 6.54 Å². The van der Waals surface area contributed by atoms with E-state index in [0.29, 0.717) is 5.56 Å². The van der Waals surface area contributed by atoms with Crippen LogP contribution >= 0.6 is 10.9 Å². The molecule has 0 heterocycles. The summed E-state index contributed by atoms with van der Waals surface area (Å²) in [5.74, 6) is -1.53. The molecule has 0 spiro atoms. The van der Waals surface area contributed by atoms with Crippen molar-refractivity contribution in [3.63, 3.8) is 0 Å². The molecule has 0 aliphatic carbocycles. The predicted octanol–water partition coefficient (Wildman–Crippen LogP) is 4.10. The summed E-state index contributed by atoms with van der Waals surface area (Å²) in [6.07, 6.45) is 0. The molecule has 0 aromatic heterocycles. The first-order chi connectivity index (χ1) is 16.1. The molecule has 201 valence electrons. The van der Waals surface area contributed by atoms with Crippen molar-refractivity contribution >= 4 is 53.2 Å². The van der Waals surface area contributed by atoms with Crippen molar-refractivity contribution in [2.45, 2.75) is 28.5 Å². The van der Waals surface area contributed by atoms with E-state index in [1.807, 2.05) is 0 Å². The molecule has 1 radical (unpaired) electrons. The van der Waals surface area contributed by atoms with Crippen molar-refractivity contribution in [2.24, 2.45) is 10.2 Å². The van der Waals surface area contributed by atoms with Gasteiger partial charge in [-0.3, -0.25) is 4.55 Å². The van der Waals surface area contributed by atoms with Crippen molar-refractivity contribution in [3.8, 4) is 11.5 Å². The summed E-state index contributed by atoms with van der Waals surface area (Å²) >= 11 is 0. The SMILES string of the molecule is CCNS(=O)(=O)c1ccc(O)c(N=Nc2c(S(=O)(=O)O)cc3cc(C)cc(S(O)(O)O)c3c2O)c1.[Cu]. The van der Waals surface area contributed by atoms with Gasteiger partial charge in [-0.25, -0.2) is 13.1 Å². The van der Waals surface area contributed by atoms with E-state index in [4.69, 9.17) is 0 Å². The minimum absolute atomic E-state index is 0. The fourth-order valence-corrected chi connectivity index (χ4v) is 5.78. The number of phenolic OH excluding ortho intramolecular Hbond substituents is 2. The van der Waals surface area contributed by atoms with E-state index in [9.17, 15) is 45.3 Å². The molecule has 17 heteroatoms. The third-order valence-electron chi connectivity index (χ3n) is 4.68. The van der Waals surface area contributed by atoms with Gasteiger partial charge in [0.2, 0.25) is 10.0 Å². The molecule has 0 saturated heterocycles. The first kappa shape index (κ1) is 29.9. The summed E-state index contributed by atoms with van der Waals surface area (Å²) < 4.78 is 89.9. The molecule has 7 N–H and O–H groups in total.